The number of ether oxygens (including phenoxy) is 1. The van der Waals surface area contributed by atoms with Gasteiger partial charge < -0.3 is 14.9 Å². The highest BCUT2D eigenvalue weighted by Gasteiger charge is 2.32. The zero-order chi connectivity index (χ0) is 21.3. The van der Waals surface area contributed by atoms with E-state index in [2.05, 4.69) is 19.9 Å². The highest BCUT2D eigenvalue weighted by atomic mass is 32.1. The van der Waals surface area contributed by atoms with Gasteiger partial charge in [-0.25, -0.2) is 4.98 Å². The minimum absolute atomic E-state index is 0.0000699. The second kappa shape index (κ2) is 7.75. The van der Waals surface area contributed by atoms with Gasteiger partial charge in [0.2, 0.25) is 5.89 Å². The number of benzene rings is 2. The number of nitrogens with zero attached hydrogens (tertiary/aromatic N) is 3. The van der Waals surface area contributed by atoms with Crippen LogP contribution in [0.25, 0.3) is 21.7 Å². The molecule has 2 N–H and O–H groups in total. The third kappa shape index (κ3) is 4.57. The van der Waals surface area contributed by atoms with Crippen molar-refractivity contribution in [1.29, 1.82) is 0 Å². The maximum absolute atomic E-state index is 12.6. The van der Waals surface area contributed by atoms with Crippen LogP contribution >= 0.6 is 11.3 Å². The Bertz CT molecular complexity index is 1220. The largest absolute Gasteiger partial charge is 0.573 e. The van der Waals surface area contributed by atoms with Crippen molar-refractivity contribution in [3.05, 3.63) is 53.9 Å². The van der Waals surface area contributed by atoms with E-state index in [9.17, 15) is 18.0 Å². The molecule has 4 aromatic rings. The summed E-state index contributed by atoms with van der Waals surface area (Å²) in [5.74, 6) is -0.829. The van der Waals surface area contributed by atoms with E-state index in [4.69, 9.17) is 10.2 Å². The van der Waals surface area contributed by atoms with Crippen LogP contribution in [-0.4, -0.2) is 27.3 Å². The molecule has 0 bridgehead atoms. The van der Waals surface area contributed by atoms with E-state index in [-0.39, 0.29) is 36.0 Å². The van der Waals surface area contributed by atoms with E-state index < -0.39 is 12.1 Å². The standard InChI is InChI=1S/C19H13F3N4O3S/c20-19(21,22)29-14-4-2-1-3-12(14)17-26-25-16(28-17)9-11(27)7-10-5-6-13-15(8-10)30-18(23)24-13/h1-6,8H,7,9H2,(H2,23,24). The summed E-state index contributed by atoms with van der Waals surface area (Å²) in [5, 5.41) is 7.96. The van der Waals surface area contributed by atoms with E-state index in [1.165, 1.54) is 29.5 Å². The summed E-state index contributed by atoms with van der Waals surface area (Å²) in [6, 6.07) is 10.8. The predicted octanol–water partition coefficient (Wildman–Crippen LogP) is 4.18. The quantitative estimate of drug-likeness (QED) is 0.485. The van der Waals surface area contributed by atoms with Gasteiger partial charge in [0.1, 0.15) is 11.5 Å². The van der Waals surface area contributed by atoms with Gasteiger partial charge in [-0.3, -0.25) is 4.79 Å². The first-order chi connectivity index (χ1) is 14.3. The number of halogens is 3. The lowest BCUT2D eigenvalue weighted by molar-refractivity contribution is -0.274. The molecule has 0 unspecified atom stereocenters. The third-order valence-electron chi connectivity index (χ3n) is 4.03. The van der Waals surface area contributed by atoms with Crippen LogP contribution in [0.1, 0.15) is 11.5 Å². The summed E-state index contributed by atoms with van der Waals surface area (Å²) in [6.45, 7) is 0. The van der Waals surface area contributed by atoms with Gasteiger partial charge in [-0.15, -0.1) is 23.4 Å². The molecule has 4 rings (SSSR count). The fraction of sp³-hybridized carbons (Fsp3) is 0.158. The van der Waals surface area contributed by atoms with Crippen LogP contribution in [0.15, 0.2) is 46.9 Å². The zero-order valence-electron chi connectivity index (χ0n) is 15.1. The number of nitrogens with two attached hydrogens (primary N) is 1. The summed E-state index contributed by atoms with van der Waals surface area (Å²) in [7, 11) is 0. The molecule has 2 aromatic carbocycles. The number of hydrogen-bond acceptors (Lipinski definition) is 8. The number of carbonyl (C=O) groups is 1. The van der Waals surface area contributed by atoms with Crippen molar-refractivity contribution in [3.8, 4) is 17.2 Å². The van der Waals surface area contributed by atoms with Crippen LogP contribution < -0.4 is 10.5 Å². The van der Waals surface area contributed by atoms with Crippen LogP contribution in [0.5, 0.6) is 5.75 Å². The summed E-state index contributed by atoms with van der Waals surface area (Å²) in [5.41, 5.74) is 7.20. The second-order valence-corrected chi connectivity index (χ2v) is 7.35. The molecule has 2 heterocycles. The average Bonchev–Trinajstić information content (AvgIpc) is 3.26. The number of para-hydroxylation sites is 1. The fourth-order valence-corrected chi connectivity index (χ4v) is 3.64. The SMILES string of the molecule is Nc1nc2ccc(CC(=O)Cc3nnc(-c4ccccc4OC(F)(F)F)o3)cc2s1. The average molecular weight is 434 g/mol. The first kappa shape index (κ1) is 19.8. The van der Waals surface area contributed by atoms with Crippen LogP contribution in [0.4, 0.5) is 18.3 Å². The van der Waals surface area contributed by atoms with Crippen molar-refractivity contribution in [3.63, 3.8) is 0 Å². The van der Waals surface area contributed by atoms with Gasteiger partial charge in [0.15, 0.2) is 5.13 Å². The summed E-state index contributed by atoms with van der Waals surface area (Å²) in [4.78, 5) is 16.5. The number of Topliss-reactive ketones (excluding diaryl/α,β-unsaturated/α-hetero) is 1. The smallest absolute Gasteiger partial charge is 0.420 e. The highest BCUT2D eigenvalue weighted by molar-refractivity contribution is 7.22. The molecule has 0 saturated carbocycles. The lowest BCUT2D eigenvalue weighted by Gasteiger charge is -2.10. The first-order valence-corrected chi connectivity index (χ1v) is 9.43. The van der Waals surface area contributed by atoms with E-state index in [1.807, 2.05) is 6.07 Å². The monoisotopic (exact) mass is 434 g/mol. The lowest BCUT2D eigenvalue weighted by Crippen LogP contribution is -2.17. The van der Waals surface area contributed by atoms with Crippen LogP contribution in [0, 0.1) is 0 Å². The molecule has 2 aromatic heterocycles. The van der Waals surface area contributed by atoms with Crippen LogP contribution in [0.2, 0.25) is 0 Å². The van der Waals surface area contributed by atoms with Gasteiger partial charge in [-0.05, 0) is 29.8 Å². The summed E-state index contributed by atoms with van der Waals surface area (Å²) < 4.78 is 48.0. The molecule has 0 spiro atoms. The number of anilines is 1. The van der Waals surface area contributed by atoms with Crippen molar-refractivity contribution in [2.24, 2.45) is 0 Å². The Kier molecular flexibility index (Phi) is 5.12. The second-order valence-electron chi connectivity index (χ2n) is 6.29. The molecule has 30 heavy (non-hydrogen) atoms. The van der Waals surface area contributed by atoms with E-state index in [0.29, 0.717) is 5.13 Å². The van der Waals surface area contributed by atoms with E-state index in [1.54, 1.807) is 12.1 Å². The van der Waals surface area contributed by atoms with Crippen molar-refractivity contribution >= 4 is 32.5 Å². The third-order valence-corrected chi connectivity index (χ3v) is 4.88. The van der Waals surface area contributed by atoms with Crippen LogP contribution in [0.3, 0.4) is 0 Å². The van der Waals surface area contributed by atoms with Gasteiger partial charge >= 0.3 is 6.36 Å². The number of nitrogen functional groups attached to an aromatic ring is 1. The maximum Gasteiger partial charge on any atom is 0.573 e. The van der Waals surface area contributed by atoms with Crippen molar-refractivity contribution in [2.75, 3.05) is 5.73 Å². The van der Waals surface area contributed by atoms with Crippen molar-refractivity contribution < 1.29 is 27.1 Å². The number of fused-ring (bicyclic) bond motifs is 1. The number of rotatable bonds is 6. The molecule has 0 fully saturated rings. The highest BCUT2D eigenvalue weighted by Crippen LogP contribution is 2.33. The van der Waals surface area contributed by atoms with E-state index >= 15 is 0 Å². The summed E-state index contributed by atoms with van der Waals surface area (Å²) >= 11 is 1.33. The predicted molar refractivity (Wildman–Crippen MR) is 103 cm³/mol. The lowest BCUT2D eigenvalue weighted by atomic mass is 10.1. The molecule has 154 valence electrons. The van der Waals surface area contributed by atoms with Gasteiger partial charge in [0.25, 0.3) is 5.89 Å². The maximum atomic E-state index is 12.6. The Labute approximate surface area is 171 Å². The Morgan fingerprint density at radius 1 is 1.13 bits per heavy atom. The number of hydrogen-bond donors (Lipinski definition) is 1. The molecule has 11 heteroatoms. The molecule has 0 amide bonds. The number of aromatic nitrogens is 3. The molecule has 0 saturated heterocycles. The topological polar surface area (TPSA) is 104 Å². The fourth-order valence-electron chi connectivity index (χ4n) is 2.85. The number of ketones is 1. The van der Waals surface area contributed by atoms with Gasteiger partial charge in [-0.1, -0.05) is 29.5 Å². The van der Waals surface area contributed by atoms with Gasteiger partial charge in [0.05, 0.1) is 22.2 Å². The van der Waals surface area contributed by atoms with Gasteiger partial charge in [-0.2, -0.15) is 0 Å². The minimum atomic E-state index is -4.86. The number of thiazole rings is 1. The van der Waals surface area contributed by atoms with Gasteiger partial charge in [0, 0.05) is 6.42 Å². The molecule has 0 aliphatic rings. The summed E-state index contributed by atoms with van der Waals surface area (Å²) in [6.07, 6.45) is -4.89. The normalized spacial score (nSPS) is 11.7. The minimum Gasteiger partial charge on any atom is -0.420 e. The molecular weight excluding hydrogens is 421 g/mol. The molecule has 0 atom stereocenters. The Hall–Kier alpha value is -3.47. The molecule has 0 radical (unpaired) electrons. The molecule has 0 aliphatic carbocycles. The Morgan fingerprint density at radius 3 is 2.73 bits per heavy atom. The Balaban J connectivity index is 1.47. The van der Waals surface area contributed by atoms with E-state index in [0.717, 1.165) is 21.8 Å². The Morgan fingerprint density at radius 2 is 1.93 bits per heavy atom. The van der Waals surface area contributed by atoms with Crippen molar-refractivity contribution in [1.82, 2.24) is 15.2 Å². The first-order valence-electron chi connectivity index (χ1n) is 8.61. The number of carbonyl (C=O) groups excluding carboxylic acids is 1. The molecule has 0 aliphatic heterocycles. The number of alkyl halides is 3. The van der Waals surface area contributed by atoms with Crippen molar-refractivity contribution in [2.45, 2.75) is 19.2 Å². The molecule has 7 nitrogen and oxygen atoms in total. The zero-order valence-corrected chi connectivity index (χ0v) is 16.0. The van der Waals surface area contributed by atoms with Crippen LogP contribution in [-0.2, 0) is 17.6 Å². The molecular formula is C19H13F3N4O3S.